The smallest absolute Gasteiger partial charge is 0.319 e. The van der Waals surface area contributed by atoms with Crippen molar-refractivity contribution in [3.63, 3.8) is 0 Å². The van der Waals surface area contributed by atoms with E-state index in [-0.39, 0.29) is 5.69 Å². The Bertz CT molecular complexity index is 909. The molecule has 0 spiro atoms. The average Bonchev–Trinajstić information content (AvgIpc) is 3.14. The van der Waals surface area contributed by atoms with Crippen molar-refractivity contribution in [3.8, 4) is 0 Å². The molecule has 3 aromatic rings. The van der Waals surface area contributed by atoms with Gasteiger partial charge in [-0.05, 0) is 23.3 Å². The van der Waals surface area contributed by atoms with Crippen molar-refractivity contribution in [1.82, 2.24) is 15.1 Å². The fourth-order valence-electron chi connectivity index (χ4n) is 2.50. The second kappa shape index (κ2) is 7.93. The fraction of sp³-hybridized carbons (Fsp3) is 0.111. The summed E-state index contributed by atoms with van der Waals surface area (Å²) >= 11 is 0. The first-order chi connectivity index (χ1) is 12.6. The standard InChI is InChI=1S/C18H17N5O3/c24-18(21-16-7-3-8-17(11-16)23(25)26)19-12-14-5-1-2-6-15(14)13-22-10-4-9-20-22/h1-11H,12-13H2,(H2,19,21,24). The number of rotatable bonds is 6. The number of hydrogen-bond donors (Lipinski definition) is 2. The lowest BCUT2D eigenvalue weighted by Gasteiger charge is -2.12. The van der Waals surface area contributed by atoms with Gasteiger partial charge in [0.25, 0.3) is 5.69 Å². The van der Waals surface area contributed by atoms with E-state index < -0.39 is 11.0 Å². The first-order valence-corrected chi connectivity index (χ1v) is 7.95. The summed E-state index contributed by atoms with van der Waals surface area (Å²) in [7, 11) is 0. The number of carbonyl (C=O) groups excluding carboxylic acids is 1. The van der Waals surface area contributed by atoms with Crippen molar-refractivity contribution in [3.05, 3.63) is 88.2 Å². The molecule has 0 saturated carbocycles. The normalized spacial score (nSPS) is 10.3. The van der Waals surface area contributed by atoms with Crippen molar-refractivity contribution in [2.24, 2.45) is 0 Å². The zero-order valence-electron chi connectivity index (χ0n) is 13.8. The molecule has 26 heavy (non-hydrogen) atoms. The molecule has 0 atom stereocenters. The minimum absolute atomic E-state index is 0.0765. The maximum atomic E-state index is 12.1. The third kappa shape index (κ3) is 4.44. The molecule has 0 bridgehead atoms. The predicted molar refractivity (Wildman–Crippen MR) is 96.7 cm³/mol. The molecular formula is C18H17N5O3. The number of anilines is 1. The zero-order chi connectivity index (χ0) is 18.4. The van der Waals surface area contributed by atoms with E-state index in [1.165, 1.54) is 18.2 Å². The second-order valence-electron chi connectivity index (χ2n) is 5.59. The third-order valence-electron chi connectivity index (χ3n) is 3.76. The van der Waals surface area contributed by atoms with Crippen LogP contribution in [-0.2, 0) is 13.1 Å². The van der Waals surface area contributed by atoms with Crippen molar-refractivity contribution in [1.29, 1.82) is 0 Å². The summed E-state index contributed by atoms with van der Waals surface area (Å²) in [6, 6.07) is 15.0. The van der Waals surface area contributed by atoms with Gasteiger partial charge in [0.15, 0.2) is 0 Å². The fourth-order valence-corrected chi connectivity index (χ4v) is 2.50. The Labute approximate surface area is 149 Å². The van der Waals surface area contributed by atoms with Crippen LogP contribution in [0.25, 0.3) is 0 Å². The quantitative estimate of drug-likeness (QED) is 0.526. The Morgan fingerprint density at radius 1 is 1.12 bits per heavy atom. The highest BCUT2D eigenvalue weighted by Crippen LogP contribution is 2.17. The molecular weight excluding hydrogens is 334 g/mol. The number of non-ortho nitro benzene ring substituents is 1. The molecule has 0 aliphatic carbocycles. The number of nitrogens with zero attached hydrogens (tertiary/aromatic N) is 3. The van der Waals surface area contributed by atoms with E-state index in [4.69, 9.17) is 0 Å². The van der Waals surface area contributed by atoms with Crippen LogP contribution in [0.4, 0.5) is 16.2 Å². The van der Waals surface area contributed by atoms with Crippen LogP contribution in [0.15, 0.2) is 67.0 Å². The van der Waals surface area contributed by atoms with Gasteiger partial charge in [-0.3, -0.25) is 14.8 Å². The molecule has 0 aliphatic rings. The summed E-state index contributed by atoms with van der Waals surface area (Å²) in [6.45, 7) is 0.940. The number of hydrogen-bond acceptors (Lipinski definition) is 4. The third-order valence-corrected chi connectivity index (χ3v) is 3.76. The number of benzene rings is 2. The van der Waals surface area contributed by atoms with Crippen LogP contribution in [0.5, 0.6) is 0 Å². The Morgan fingerprint density at radius 2 is 1.92 bits per heavy atom. The largest absolute Gasteiger partial charge is 0.334 e. The predicted octanol–water partition coefficient (Wildman–Crippen LogP) is 3.16. The highest BCUT2D eigenvalue weighted by atomic mass is 16.6. The van der Waals surface area contributed by atoms with Gasteiger partial charge in [-0.2, -0.15) is 5.10 Å². The van der Waals surface area contributed by atoms with E-state index in [1.807, 2.05) is 41.2 Å². The summed E-state index contributed by atoms with van der Waals surface area (Å²) in [5.74, 6) is 0. The zero-order valence-corrected chi connectivity index (χ0v) is 13.8. The lowest BCUT2D eigenvalue weighted by Crippen LogP contribution is -2.28. The molecule has 2 amide bonds. The maximum absolute atomic E-state index is 12.1. The van der Waals surface area contributed by atoms with Crippen LogP contribution in [0.2, 0.25) is 0 Å². The van der Waals surface area contributed by atoms with Crippen LogP contribution >= 0.6 is 0 Å². The van der Waals surface area contributed by atoms with Crippen LogP contribution in [-0.4, -0.2) is 20.7 Å². The Balaban J connectivity index is 1.61. The van der Waals surface area contributed by atoms with Gasteiger partial charge in [-0.25, -0.2) is 4.79 Å². The van der Waals surface area contributed by atoms with Crippen molar-refractivity contribution in [2.45, 2.75) is 13.1 Å². The minimum Gasteiger partial charge on any atom is -0.334 e. The average molecular weight is 351 g/mol. The van der Waals surface area contributed by atoms with Gasteiger partial charge < -0.3 is 10.6 Å². The molecule has 2 aromatic carbocycles. The molecule has 132 valence electrons. The molecule has 8 nitrogen and oxygen atoms in total. The Kier molecular flexibility index (Phi) is 5.23. The minimum atomic E-state index is -0.505. The highest BCUT2D eigenvalue weighted by molar-refractivity contribution is 5.89. The second-order valence-corrected chi connectivity index (χ2v) is 5.59. The molecule has 1 heterocycles. The van der Waals surface area contributed by atoms with Crippen LogP contribution < -0.4 is 10.6 Å². The monoisotopic (exact) mass is 351 g/mol. The van der Waals surface area contributed by atoms with E-state index in [0.29, 0.717) is 18.8 Å². The van der Waals surface area contributed by atoms with Gasteiger partial charge in [0.2, 0.25) is 0 Å². The lowest BCUT2D eigenvalue weighted by atomic mass is 10.1. The highest BCUT2D eigenvalue weighted by Gasteiger charge is 2.09. The number of aromatic nitrogens is 2. The van der Waals surface area contributed by atoms with E-state index in [2.05, 4.69) is 15.7 Å². The molecule has 3 rings (SSSR count). The lowest BCUT2D eigenvalue weighted by molar-refractivity contribution is -0.384. The van der Waals surface area contributed by atoms with Crippen molar-refractivity contribution in [2.75, 3.05) is 5.32 Å². The summed E-state index contributed by atoms with van der Waals surface area (Å²) in [6.07, 6.45) is 3.59. The maximum Gasteiger partial charge on any atom is 0.319 e. The molecule has 2 N–H and O–H groups in total. The number of urea groups is 1. The molecule has 0 unspecified atom stereocenters. The van der Waals surface area contributed by atoms with Gasteiger partial charge in [0.1, 0.15) is 0 Å². The van der Waals surface area contributed by atoms with E-state index in [0.717, 1.165) is 11.1 Å². The van der Waals surface area contributed by atoms with Crippen LogP contribution in [0.1, 0.15) is 11.1 Å². The van der Waals surface area contributed by atoms with Crippen LogP contribution in [0, 0.1) is 10.1 Å². The topological polar surface area (TPSA) is 102 Å². The van der Waals surface area contributed by atoms with E-state index >= 15 is 0 Å². The molecule has 0 fully saturated rings. The molecule has 0 aliphatic heterocycles. The van der Waals surface area contributed by atoms with E-state index in [1.54, 1.807) is 12.3 Å². The molecule has 0 radical (unpaired) electrons. The SMILES string of the molecule is O=C(NCc1ccccc1Cn1cccn1)Nc1cccc([N+](=O)[O-])c1. The first kappa shape index (κ1) is 17.2. The van der Waals surface area contributed by atoms with Crippen LogP contribution in [0.3, 0.4) is 0 Å². The number of nitro groups is 1. The summed E-state index contributed by atoms with van der Waals surface area (Å²) in [5, 5.41) is 20.3. The number of amides is 2. The van der Waals surface area contributed by atoms with Crippen molar-refractivity contribution >= 4 is 17.4 Å². The van der Waals surface area contributed by atoms with E-state index in [9.17, 15) is 14.9 Å². The molecule has 1 aromatic heterocycles. The van der Waals surface area contributed by atoms with Crippen molar-refractivity contribution < 1.29 is 9.72 Å². The summed E-state index contributed by atoms with van der Waals surface area (Å²) in [5.41, 5.74) is 2.30. The molecule has 8 heteroatoms. The van der Waals surface area contributed by atoms with Gasteiger partial charge >= 0.3 is 6.03 Å². The first-order valence-electron chi connectivity index (χ1n) is 7.95. The summed E-state index contributed by atoms with van der Waals surface area (Å²) < 4.78 is 1.81. The summed E-state index contributed by atoms with van der Waals surface area (Å²) in [4.78, 5) is 22.4. The number of carbonyl (C=O) groups is 1. The van der Waals surface area contributed by atoms with Gasteiger partial charge in [0.05, 0.1) is 11.5 Å². The molecule has 0 saturated heterocycles. The number of nitrogens with one attached hydrogen (secondary N) is 2. The number of nitro benzene ring substituents is 1. The Morgan fingerprint density at radius 3 is 2.65 bits per heavy atom. The van der Waals surface area contributed by atoms with Gasteiger partial charge in [0, 0.05) is 36.8 Å². The Hall–Kier alpha value is -3.68. The van der Waals surface area contributed by atoms with Gasteiger partial charge in [-0.1, -0.05) is 30.3 Å². The van der Waals surface area contributed by atoms with Gasteiger partial charge in [-0.15, -0.1) is 0 Å².